The quantitative estimate of drug-likeness (QED) is 0.791. The van der Waals surface area contributed by atoms with Crippen LogP contribution in [0.15, 0.2) is 41.1 Å². The first-order chi connectivity index (χ1) is 6.77. The molecule has 0 spiro atoms. The number of alkyl halides is 3. The summed E-state index contributed by atoms with van der Waals surface area (Å²) < 4.78 is 59.1. The molecule has 0 aliphatic rings. The van der Waals surface area contributed by atoms with Gasteiger partial charge in [0.25, 0.3) is 0 Å². The van der Waals surface area contributed by atoms with Gasteiger partial charge in [0.15, 0.2) is 9.84 Å². The van der Waals surface area contributed by atoms with E-state index in [-0.39, 0.29) is 0 Å². The predicted octanol–water partition coefficient (Wildman–Crippen LogP) is 2.62. The highest BCUT2D eigenvalue weighted by molar-refractivity contribution is 7.94. The van der Waals surface area contributed by atoms with Crippen molar-refractivity contribution in [2.45, 2.75) is 11.1 Å². The molecule has 0 unspecified atom stereocenters. The molecule has 0 bridgehead atoms. The van der Waals surface area contributed by atoms with Crippen molar-refractivity contribution in [3.8, 4) is 0 Å². The van der Waals surface area contributed by atoms with Gasteiger partial charge < -0.3 is 0 Å². The van der Waals surface area contributed by atoms with Crippen LogP contribution in [0.5, 0.6) is 0 Å². The number of rotatable bonds is 2. The van der Waals surface area contributed by atoms with Gasteiger partial charge in [-0.3, -0.25) is 0 Å². The molecule has 0 aromatic heterocycles. The molecule has 1 aromatic rings. The van der Waals surface area contributed by atoms with Crippen LogP contribution in [-0.2, 0) is 16.0 Å². The van der Waals surface area contributed by atoms with Gasteiger partial charge >= 0.3 is 6.18 Å². The minimum atomic E-state index is -4.55. The fourth-order valence-corrected chi connectivity index (χ4v) is 1.70. The average molecular weight is 236 g/mol. The maximum Gasteiger partial charge on any atom is 0.416 e. The highest BCUT2D eigenvalue weighted by atomic mass is 32.2. The van der Waals surface area contributed by atoms with E-state index in [0.29, 0.717) is 11.5 Å². The second-order valence-corrected chi connectivity index (χ2v) is 4.63. The van der Waals surface area contributed by atoms with Crippen LogP contribution in [0, 0.1) is 0 Å². The molecule has 1 aromatic carbocycles. The molecule has 1 rings (SSSR count). The van der Waals surface area contributed by atoms with E-state index < -0.39 is 26.5 Å². The third kappa shape index (κ3) is 2.59. The van der Waals surface area contributed by atoms with Gasteiger partial charge in [-0.2, -0.15) is 13.2 Å². The number of halogens is 3. The Morgan fingerprint density at radius 2 is 1.87 bits per heavy atom. The van der Waals surface area contributed by atoms with E-state index in [2.05, 4.69) is 6.58 Å². The van der Waals surface area contributed by atoms with E-state index in [1.807, 2.05) is 0 Å². The second kappa shape index (κ2) is 3.69. The first-order valence-electron chi connectivity index (χ1n) is 3.82. The van der Waals surface area contributed by atoms with Gasteiger partial charge in [0.05, 0.1) is 10.5 Å². The third-order valence-corrected chi connectivity index (χ3v) is 3.06. The summed E-state index contributed by atoms with van der Waals surface area (Å²) >= 11 is 0. The lowest BCUT2D eigenvalue weighted by Gasteiger charge is -2.07. The van der Waals surface area contributed by atoms with Gasteiger partial charge in [0.1, 0.15) is 0 Å². The molecular weight excluding hydrogens is 229 g/mol. The SMILES string of the molecule is C=CS(=O)(=O)c1cccc(C(F)(F)F)c1. The predicted molar refractivity (Wildman–Crippen MR) is 48.8 cm³/mol. The highest BCUT2D eigenvalue weighted by Gasteiger charge is 2.31. The second-order valence-electron chi connectivity index (χ2n) is 2.74. The molecule has 0 radical (unpaired) electrons. The molecule has 0 fully saturated rings. The lowest BCUT2D eigenvalue weighted by atomic mass is 10.2. The summed E-state index contributed by atoms with van der Waals surface area (Å²) in [6.45, 7) is 3.03. The molecule has 0 saturated heterocycles. The van der Waals surface area contributed by atoms with Crippen LogP contribution in [-0.4, -0.2) is 8.42 Å². The van der Waals surface area contributed by atoms with Crippen LogP contribution in [0.1, 0.15) is 5.56 Å². The summed E-state index contributed by atoms with van der Waals surface area (Å²) in [7, 11) is -3.82. The first kappa shape index (κ1) is 11.8. The third-order valence-electron chi connectivity index (χ3n) is 1.71. The zero-order valence-electron chi connectivity index (χ0n) is 7.45. The summed E-state index contributed by atoms with van der Waals surface area (Å²) in [5, 5.41) is 0.614. The summed E-state index contributed by atoms with van der Waals surface area (Å²) in [6.07, 6.45) is -4.55. The van der Waals surface area contributed by atoms with Crippen molar-refractivity contribution in [3.63, 3.8) is 0 Å². The van der Waals surface area contributed by atoms with Crippen molar-refractivity contribution in [2.75, 3.05) is 0 Å². The zero-order chi connectivity index (χ0) is 11.7. The molecule has 0 heterocycles. The Balaban J connectivity index is 3.33. The molecule has 0 aliphatic heterocycles. The lowest BCUT2D eigenvalue weighted by molar-refractivity contribution is -0.137. The van der Waals surface area contributed by atoms with Crippen molar-refractivity contribution >= 4 is 9.84 Å². The van der Waals surface area contributed by atoms with Crippen LogP contribution in [0.25, 0.3) is 0 Å². The van der Waals surface area contributed by atoms with E-state index in [4.69, 9.17) is 0 Å². The van der Waals surface area contributed by atoms with E-state index in [9.17, 15) is 21.6 Å². The van der Waals surface area contributed by atoms with Gasteiger partial charge in [0.2, 0.25) is 0 Å². The molecule has 0 atom stereocenters. The standard InChI is InChI=1S/C9H7F3O2S/c1-2-15(13,14)8-5-3-4-7(6-8)9(10,11)12/h2-6H,1H2. The van der Waals surface area contributed by atoms with Crippen LogP contribution in [0.2, 0.25) is 0 Å². The fourth-order valence-electron chi connectivity index (χ4n) is 0.946. The van der Waals surface area contributed by atoms with E-state index in [0.717, 1.165) is 18.2 Å². The van der Waals surface area contributed by atoms with Gasteiger partial charge in [0, 0.05) is 5.41 Å². The van der Waals surface area contributed by atoms with E-state index >= 15 is 0 Å². The Bertz CT molecular complexity index is 474. The summed E-state index contributed by atoms with van der Waals surface area (Å²) in [6, 6.07) is 3.52. The summed E-state index contributed by atoms with van der Waals surface area (Å²) in [5.41, 5.74) is -0.995. The molecule has 0 saturated carbocycles. The fraction of sp³-hybridized carbons (Fsp3) is 0.111. The Kier molecular flexibility index (Phi) is 2.90. The number of benzene rings is 1. The Morgan fingerprint density at radius 1 is 1.27 bits per heavy atom. The minimum absolute atomic E-state index is 0.410. The van der Waals surface area contributed by atoms with Gasteiger partial charge in [-0.05, 0) is 18.2 Å². The van der Waals surface area contributed by atoms with Crippen LogP contribution < -0.4 is 0 Å². The van der Waals surface area contributed by atoms with Crippen molar-refractivity contribution in [1.29, 1.82) is 0 Å². The lowest BCUT2D eigenvalue weighted by Crippen LogP contribution is -2.06. The van der Waals surface area contributed by atoms with Crippen molar-refractivity contribution in [1.82, 2.24) is 0 Å². The Hall–Kier alpha value is -1.30. The molecule has 0 aliphatic carbocycles. The number of hydrogen-bond acceptors (Lipinski definition) is 2. The molecule has 0 amide bonds. The Morgan fingerprint density at radius 3 is 2.33 bits per heavy atom. The van der Waals surface area contributed by atoms with Crippen LogP contribution in [0.3, 0.4) is 0 Å². The molecular formula is C9H7F3O2S. The number of hydrogen-bond donors (Lipinski definition) is 0. The minimum Gasteiger partial charge on any atom is -0.219 e. The Labute approximate surface area is 85.0 Å². The van der Waals surface area contributed by atoms with Gasteiger partial charge in [-0.1, -0.05) is 12.6 Å². The maximum absolute atomic E-state index is 12.2. The summed E-state index contributed by atoms with van der Waals surface area (Å²) in [5.74, 6) is 0. The summed E-state index contributed by atoms with van der Waals surface area (Å²) in [4.78, 5) is -0.410. The van der Waals surface area contributed by atoms with Crippen molar-refractivity contribution < 1.29 is 21.6 Å². The normalized spacial score (nSPS) is 12.5. The van der Waals surface area contributed by atoms with Crippen molar-refractivity contribution in [3.05, 3.63) is 41.8 Å². The first-order valence-corrected chi connectivity index (χ1v) is 5.37. The molecule has 2 nitrogen and oxygen atoms in total. The molecule has 82 valence electrons. The smallest absolute Gasteiger partial charge is 0.219 e. The highest BCUT2D eigenvalue weighted by Crippen LogP contribution is 2.30. The molecule has 15 heavy (non-hydrogen) atoms. The van der Waals surface area contributed by atoms with E-state index in [1.54, 1.807) is 0 Å². The van der Waals surface area contributed by atoms with Gasteiger partial charge in [-0.25, -0.2) is 8.42 Å². The van der Waals surface area contributed by atoms with Gasteiger partial charge in [-0.15, -0.1) is 0 Å². The average Bonchev–Trinajstić information content (AvgIpc) is 2.17. The van der Waals surface area contributed by atoms with Crippen LogP contribution in [0.4, 0.5) is 13.2 Å². The maximum atomic E-state index is 12.2. The molecule has 6 heteroatoms. The van der Waals surface area contributed by atoms with Crippen LogP contribution >= 0.6 is 0 Å². The van der Waals surface area contributed by atoms with Crippen molar-refractivity contribution in [2.24, 2.45) is 0 Å². The van der Waals surface area contributed by atoms with E-state index in [1.165, 1.54) is 0 Å². The zero-order valence-corrected chi connectivity index (χ0v) is 8.27. The monoisotopic (exact) mass is 236 g/mol. The molecule has 0 N–H and O–H groups in total. The topological polar surface area (TPSA) is 34.1 Å². The number of sulfone groups is 1. The largest absolute Gasteiger partial charge is 0.416 e.